The first-order chi connectivity index (χ1) is 7.72. The first-order valence-corrected chi connectivity index (χ1v) is 6.55. The highest BCUT2D eigenvalue weighted by Crippen LogP contribution is 2.47. The van der Waals surface area contributed by atoms with Gasteiger partial charge in [-0.3, -0.25) is 0 Å². The summed E-state index contributed by atoms with van der Waals surface area (Å²) in [5.41, 5.74) is 7.46. The largest absolute Gasteiger partial charge is 0.496 e. The van der Waals surface area contributed by atoms with Crippen LogP contribution in [0.4, 0.5) is 0 Å². The van der Waals surface area contributed by atoms with Gasteiger partial charge in [0, 0.05) is 0 Å². The fraction of sp³-hybridized carbons (Fsp3) is 0.538. The number of benzene rings is 1. The highest BCUT2D eigenvalue weighted by Gasteiger charge is 2.37. The molecular formula is C13H18BrNO. The molecule has 0 saturated heterocycles. The molecule has 2 N–H and O–H groups in total. The van der Waals surface area contributed by atoms with Gasteiger partial charge in [-0.25, -0.2) is 0 Å². The molecular weight excluding hydrogens is 266 g/mol. The van der Waals surface area contributed by atoms with Crippen molar-refractivity contribution < 1.29 is 4.74 Å². The van der Waals surface area contributed by atoms with E-state index in [0.717, 1.165) is 23.2 Å². The molecule has 0 amide bonds. The van der Waals surface area contributed by atoms with E-state index >= 15 is 0 Å². The molecule has 3 heteroatoms. The lowest BCUT2D eigenvalue weighted by molar-refractivity contribution is 0.229. The number of ether oxygens (including phenoxy) is 1. The van der Waals surface area contributed by atoms with Gasteiger partial charge in [-0.1, -0.05) is 12.5 Å². The van der Waals surface area contributed by atoms with Crippen LogP contribution >= 0.6 is 15.9 Å². The fourth-order valence-corrected chi connectivity index (χ4v) is 3.10. The molecule has 16 heavy (non-hydrogen) atoms. The van der Waals surface area contributed by atoms with E-state index < -0.39 is 0 Å². The molecule has 1 aromatic carbocycles. The molecule has 0 bridgehead atoms. The number of hydrogen-bond donors (Lipinski definition) is 1. The topological polar surface area (TPSA) is 35.2 Å². The first-order valence-electron chi connectivity index (χ1n) is 5.76. The third-order valence-corrected chi connectivity index (χ3v) is 4.32. The number of nitrogens with two attached hydrogens (primary N) is 1. The Bertz CT molecular complexity index is 374. The molecule has 1 fully saturated rings. The Kier molecular flexibility index (Phi) is 3.55. The Morgan fingerprint density at radius 1 is 1.44 bits per heavy atom. The molecule has 0 unspecified atom stereocenters. The zero-order valence-corrected chi connectivity index (χ0v) is 11.2. The van der Waals surface area contributed by atoms with Crippen LogP contribution in [0.3, 0.4) is 0 Å². The summed E-state index contributed by atoms with van der Waals surface area (Å²) in [6, 6.07) is 6.40. The van der Waals surface area contributed by atoms with Crippen molar-refractivity contribution in [1.82, 2.24) is 0 Å². The van der Waals surface area contributed by atoms with Gasteiger partial charge < -0.3 is 10.5 Å². The molecule has 88 valence electrons. The maximum atomic E-state index is 5.72. The molecule has 0 atom stereocenters. The second-order valence-corrected chi connectivity index (χ2v) is 5.38. The highest BCUT2D eigenvalue weighted by molar-refractivity contribution is 9.10. The summed E-state index contributed by atoms with van der Waals surface area (Å²) in [6.07, 6.45) is 4.95. The SMILES string of the molecule is COc1ccc(C2(CCN)CCC2)cc1Br. The van der Waals surface area contributed by atoms with Crippen molar-refractivity contribution in [2.45, 2.75) is 31.1 Å². The van der Waals surface area contributed by atoms with Gasteiger partial charge in [-0.05, 0) is 64.8 Å². The van der Waals surface area contributed by atoms with Crippen LogP contribution in [0.1, 0.15) is 31.2 Å². The van der Waals surface area contributed by atoms with Crippen molar-refractivity contribution in [3.05, 3.63) is 28.2 Å². The van der Waals surface area contributed by atoms with Gasteiger partial charge in [0.15, 0.2) is 0 Å². The minimum absolute atomic E-state index is 0.337. The van der Waals surface area contributed by atoms with Crippen molar-refractivity contribution in [2.24, 2.45) is 5.73 Å². The maximum absolute atomic E-state index is 5.72. The van der Waals surface area contributed by atoms with Crippen LogP contribution in [0.2, 0.25) is 0 Å². The van der Waals surface area contributed by atoms with Gasteiger partial charge in [-0.2, -0.15) is 0 Å². The number of hydrogen-bond acceptors (Lipinski definition) is 2. The molecule has 2 rings (SSSR count). The van der Waals surface area contributed by atoms with Crippen molar-refractivity contribution >= 4 is 15.9 Å². The lowest BCUT2D eigenvalue weighted by Crippen LogP contribution is -2.36. The molecule has 1 aromatic rings. The maximum Gasteiger partial charge on any atom is 0.133 e. The summed E-state index contributed by atoms with van der Waals surface area (Å²) in [4.78, 5) is 0. The Hall–Kier alpha value is -0.540. The monoisotopic (exact) mass is 283 g/mol. The average Bonchev–Trinajstić information content (AvgIpc) is 2.23. The van der Waals surface area contributed by atoms with E-state index in [1.165, 1.54) is 24.8 Å². The van der Waals surface area contributed by atoms with Crippen molar-refractivity contribution in [3.63, 3.8) is 0 Å². The predicted molar refractivity (Wildman–Crippen MR) is 69.9 cm³/mol. The Morgan fingerprint density at radius 3 is 2.62 bits per heavy atom. The third kappa shape index (κ3) is 1.98. The number of rotatable bonds is 4. The lowest BCUT2D eigenvalue weighted by atomic mass is 9.62. The van der Waals surface area contributed by atoms with E-state index in [1.807, 2.05) is 6.07 Å². The standard InChI is InChI=1S/C13H18BrNO/c1-16-12-4-3-10(9-11(12)14)13(7-8-15)5-2-6-13/h3-4,9H,2,5-8,15H2,1H3. The van der Waals surface area contributed by atoms with Crippen LogP contribution in [0.5, 0.6) is 5.75 Å². The summed E-state index contributed by atoms with van der Waals surface area (Å²) < 4.78 is 6.29. The minimum atomic E-state index is 0.337. The van der Waals surface area contributed by atoms with E-state index in [9.17, 15) is 0 Å². The molecule has 0 aliphatic heterocycles. The zero-order chi connectivity index (χ0) is 11.6. The van der Waals surface area contributed by atoms with E-state index in [1.54, 1.807) is 7.11 Å². The second kappa shape index (κ2) is 4.76. The summed E-state index contributed by atoms with van der Waals surface area (Å²) in [7, 11) is 1.69. The average molecular weight is 284 g/mol. The second-order valence-electron chi connectivity index (χ2n) is 4.52. The van der Waals surface area contributed by atoms with Gasteiger partial charge in [0.05, 0.1) is 11.6 Å². The quantitative estimate of drug-likeness (QED) is 0.921. The van der Waals surface area contributed by atoms with Crippen molar-refractivity contribution in [2.75, 3.05) is 13.7 Å². The molecule has 0 heterocycles. The zero-order valence-electron chi connectivity index (χ0n) is 9.63. The van der Waals surface area contributed by atoms with Crippen molar-refractivity contribution in [1.29, 1.82) is 0 Å². The molecule has 0 spiro atoms. The van der Waals surface area contributed by atoms with Crippen molar-refractivity contribution in [3.8, 4) is 5.75 Å². The Morgan fingerprint density at radius 2 is 2.19 bits per heavy atom. The number of methoxy groups -OCH3 is 1. The molecule has 1 aliphatic carbocycles. The predicted octanol–water partition coefficient (Wildman–Crippen LogP) is 3.23. The first kappa shape index (κ1) is 11.9. The van der Waals surface area contributed by atoms with E-state index in [-0.39, 0.29) is 0 Å². The Labute approximate surface area is 105 Å². The van der Waals surface area contributed by atoms with Gasteiger partial charge in [0.1, 0.15) is 5.75 Å². The number of halogens is 1. The van der Waals surface area contributed by atoms with E-state index in [4.69, 9.17) is 10.5 Å². The van der Waals surface area contributed by atoms with Gasteiger partial charge in [0.25, 0.3) is 0 Å². The van der Waals surface area contributed by atoms with Crippen LogP contribution in [-0.4, -0.2) is 13.7 Å². The summed E-state index contributed by atoms with van der Waals surface area (Å²) in [6.45, 7) is 0.768. The summed E-state index contributed by atoms with van der Waals surface area (Å²) in [5.74, 6) is 0.894. The van der Waals surface area contributed by atoms with E-state index in [2.05, 4.69) is 28.1 Å². The molecule has 1 aliphatic rings. The minimum Gasteiger partial charge on any atom is -0.496 e. The molecule has 0 radical (unpaired) electrons. The fourth-order valence-electron chi connectivity index (χ4n) is 2.56. The van der Waals surface area contributed by atoms with Gasteiger partial charge >= 0.3 is 0 Å². The molecule has 0 aromatic heterocycles. The molecule has 2 nitrogen and oxygen atoms in total. The van der Waals surface area contributed by atoms with Crippen LogP contribution < -0.4 is 10.5 Å². The lowest BCUT2D eigenvalue weighted by Gasteiger charge is -2.42. The summed E-state index contributed by atoms with van der Waals surface area (Å²) >= 11 is 3.55. The smallest absolute Gasteiger partial charge is 0.133 e. The van der Waals surface area contributed by atoms with Crippen LogP contribution in [0, 0.1) is 0 Å². The Balaban J connectivity index is 2.29. The van der Waals surface area contributed by atoms with Gasteiger partial charge in [0.2, 0.25) is 0 Å². The normalized spacial score (nSPS) is 17.9. The van der Waals surface area contributed by atoms with Crippen LogP contribution in [0.25, 0.3) is 0 Å². The molecule has 1 saturated carbocycles. The third-order valence-electron chi connectivity index (χ3n) is 3.70. The van der Waals surface area contributed by atoms with E-state index in [0.29, 0.717) is 5.41 Å². The van der Waals surface area contributed by atoms with Gasteiger partial charge in [-0.15, -0.1) is 0 Å². The summed E-state index contributed by atoms with van der Waals surface area (Å²) in [5, 5.41) is 0. The van der Waals surface area contributed by atoms with Crippen LogP contribution in [-0.2, 0) is 5.41 Å². The van der Waals surface area contributed by atoms with Crippen LogP contribution in [0.15, 0.2) is 22.7 Å². The highest BCUT2D eigenvalue weighted by atomic mass is 79.9.